The summed E-state index contributed by atoms with van der Waals surface area (Å²) in [6.07, 6.45) is 0. The lowest BCUT2D eigenvalue weighted by Gasteiger charge is -2.15. The fourth-order valence-corrected chi connectivity index (χ4v) is 3.48. The zero-order valence-electron chi connectivity index (χ0n) is 12.0. The molecule has 3 nitrogen and oxygen atoms in total. The molecular formula is C15H21ClN2OS. The summed E-state index contributed by atoms with van der Waals surface area (Å²) in [5, 5.41) is 5.51. The molecule has 0 radical (unpaired) electrons. The van der Waals surface area contributed by atoms with Gasteiger partial charge in [-0.25, -0.2) is 0 Å². The highest BCUT2D eigenvalue weighted by Crippen LogP contribution is 2.34. The second-order valence-electron chi connectivity index (χ2n) is 4.81. The van der Waals surface area contributed by atoms with Crippen molar-refractivity contribution in [2.75, 3.05) is 40.4 Å². The summed E-state index contributed by atoms with van der Waals surface area (Å²) in [6.45, 7) is 4.52. The zero-order chi connectivity index (χ0) is 14.4. The summed E-state index contributed by atoms with van der Waals surface area (Å²) in [7, 11) is 3.84. The second-order valence-corrected chi connectivity index (χ2v) is 6.32. The van der Waals surface area contributed by atoms with E-state index in [0.29, 0.717) is 0 Å². The van der Waals surface area contributed by atoms with Gasteiger partial charge in [0.05, 0.1) is 11.6 Å². The van der Waals surface area contributed by atoms with Crippen molar-refractivity contribution in [2.24, 2.45) is 0 Å². The molecule has 0 aliphatic heterocycles. The standard InChI is InChI=1S/C15H21ClN2OS/c1-18(9-10-19-2)8-7-17-11-14-15(16)12-5-3-4-6-13(12)20-14/h3-6,17H,7-11H2,1-2H3. The van der Waals surface area contributed by atoms with E-state index in [1.54, 1.807) is 18.4 Å². The van der Waals surface area contributed by atoms with Gasteiger partial charge in [-0.2, -0.15) is 0 Å². The van der Waals surface area contributed by atoms with Crippen molar-refractivity contribution in [3.05, 3.63) is 34.2 Å². The minimum Gasteiger partial charge on any atom is -0.383 e. The predicted molar refractivity (Wildman–Crippen MR) is 87.9 cm³/mol. The first-order valence-electron chi connectivity index (χ1n) is 6.76. The van der Waals surface area contributed by atoms with Gasteiger partial charge in [0.25, 0.3) is 0 Å². The quantitative estimate of drug-likeness (QED) is 0.757. The molecule has 1 N–H and O–H groups in total. The molecule has 0 bridgehead atoms. The van der Waals surface area contributed by atoms with Gasteiger partial charge in [0.2, 0.25) is 0 Å². The van der Waals surface area contributed by atoms with Crippen molar-refractivity contribution >= 4 is 33.0 Å². The first-order valence-corrected chi connectivity index (χ1v) is 7.96. The van der Waals surface area contributed by atoms with Crippen molar-refractivity contribution in [3.63, 3.8) is 0 Å². The van der Waals surface area contributed by atoms with Gasteiger partial charge < -0.3 is 15.0 Å². The number of fused-ring (bicyclic) bond motifs is 1. The largest absolute Gasteiger partial charge is 0.383 e. The first-order chi connectivity index (χ1) is 9.72. The van der Waals surface area contributed by atoms with E-state index in [0.717, 1.165) is 43.2 Å². The topological polar surface area (TPSA) is 24.5 Å². The lowest BCUT2D eigenvalue weighted by molar-refractivity contribution is 0.161. The van der Waals surface area contributed by atoms with E-state index < -0.39 is 0 Å². The van der Waals surface area contributed by atoms with Gasteiger partial charge in [-0.15, -0.1) is 11.3 Å². The normalized spacial score (nSPS) is 11.6. The number of hydrogen-bond donors (Lipinski definition) is 1. The number of ether oxygens (including phenoxy) is 1. The predicted octanol–water partition coefficient (Wildman–Crippen LogP) is 3.22. The van der Waals surface area contributed by atoms with Crippen LogP contribution in [0.5, 0.6) is 0 Å². The van der Waals surface area contributed by atoms with Gasteiger partial charge in [0.15, 0.2) is 0 Å². The molecule has 0 amide bonds. The maximum Gasteiger partial charge on any atom is 0.0636 e. The van der Waals surface area contributed by atoms with Gasteiger partial charge in [-0.3, -0.25) is 0 Å². The third-order valence-electron chi connectivity index (χ3n) is 3.23. The Morgan fingerprint density at radius 1 is 1.30 bits per heavy atom. The highest BCUT2D eigenvalue weighted by molar-refractivity contribution is 7.19. The molecule has 1 heterocycles. The van der Waals surface area contributed by atoms with Crippen LogP contribution in [0.15, 0.2) is 24.3 Å². The van der Waals surface area contributed by atoms with Crippen LogP contribution in [0.2, 0.25) is 5.02 Å². The van der Waals surface area contributed by atoms with E-state index in [2.05, 4.69) is 35.5 Å². The van der Waals surface area contributed by atoms with Crippen LogP contribution in [0.1, 0.15) is 4.88 Å². The molecule has 0 aliphatic rings. The van der Waals surface area contributed by atoms with E-state index in [1.165, 1.54) is 9.58 Å². The van der Waals surface area contributed by atoms with Gasteiger partial charge in [-0.05, 0) is 13.1 Å². The summed E-state index contributed by atoms with van der Waals surface area (Å²) in [5.74, 6) is 0. The van der Waals surface area contributed by atoms with Gasteiger partial charge >= 0.3 is 0 Å². The molecule has 110 valence electrons. The maximum atomic E-state index is 6.41. The lowest BCUT2D eigenvalue weighted by atomic mass is 10.2. The van der Waals surface area contributed by atoms with Crippen LogP contribution in [0.4, 0.5) is 0 Å². The Morgan fingerprint density at radius 2 is 2.10 bits per heavy atom. The third-order valence-corrected chi connectivity index (χ3v) is 4.95. The third kappa shape index (κ3) is 4.17. The number of halogens is 1. The molecule has 5 heteroatoms. The van der Waals surface area contributed by atoms with E-state index in [4.69, 9.17) is 16.3 Å². The van der Waals surface area contributed by atoms with E-state index in [1.807, 2.05) is 6.07 Å². The van der Waals surface area contributed by atoms with Crippen LogP contribution >= 0.6 is 22.9 Å². The summed E-state index contributed by atoms with van der Waals surface area (Å²) in [6, 6.07) is 8.28. The fourth-order valence-electron chi connectivity index (χ4n) is 2.01. The number of benzene rings is 1. The van der Waals surface area contributed by atoms with Crippen LogP contribution in [0, 0.1) is 0 Å². The average molecular weight is 313 g/mol. The van der Waals surface area contributed by atoms with Gasteiger partial charge in [0.1, 0.15) is 0 Å². The molecule has 0 fully saturated rings. The molecule has 2 rings (SSSR count). The van der Waals surface area contributed by atoms with E-state index >= 15 is 0 Å². The van der Waals surface area contributed by atoms with Crippen LogP contribution in [-0.2, 0) is 11.3 Å². The lowest BCUT2D eigenvalue weighted by Crippen LogP contribution is -2.31. The summed E-state index contributed by atoms with van der Waals surface area (Å²) in [4.78, 5) is 3.47. The monoisotopic (exact) mass is 312 g/mol. The Kier molecular flexibility index (Phi) is 6.26. The highest BCUT2D eigenvalue weighted by atomic mass is 35.5. The number of rotatable bonds is 8. The maximum absolute atomic E-state index is 6.41. The Balaban J connectivity index is 1.80. The molecule has 0 saturated heterocycles. The van der Waals surface area contributed by atoms with Crippen LogP contribution < -0.4 is 5.32 Å². The zero-order valence-corrected chi connectivity index (χ0v) is 13.6. The van der Waals surface area contributed by atoms with Crippen molar-refractivity contribution in [3.8, 4) is 0 Å². The van der Waals surface area contributed by atoms with Crippen LogP contribution in [0.3, 0.4) is 0 Å². The Hall–Kier alpha value is -0.650. The number of nitrogens with zero attached hydrogens (tertiary/aromatic N) is 1. The fraction of sp³-hybridized carbons (Fsp3) is 0.467. The molecule has 2 aromatic rings. The molecular weight excluding hydrogens is 292 g/mol. The van der Waals surface area contributed by atoms with E-state index in [9.17, 15) is 0 Å². The molecule has 0 spiro atoms. The Bertz CT molecular complexity index is 544. The van der Waals surface area contributed by atoms with Crippen molar-refractivity contribution in [1.82, 2.24) is 10.2 Å². The number of likely N-dealkylation sites (N-methyl/N-ethyl adjacent to an activating group) is 1. The summed E-state index contributed by atoms with van der Waals surface area (Å²) < 4.78 is 6.32. The molecule has 1 aromatic heterocycles. The van der Waals surface area contributed by atoms with Gasteiger partial charge in [0, 0.05) is 48.3 Å². The SMILES string of the molecule is COCCN(C)CCNCc1sc2ccccc2c1Cl. The Morgan fingerprint density at radius 3 is 2.85 bits per heavy atom. The van der Waals surface area contributed by atoms with Crippen molar-refractivity contribution in [1.29, 1.82) is 0 Å². The summed E-state index contributed by atoms with van der Waals surface area (Å²) in [5.41, 5.74) is 0. The molecule has 20 heavy (non-hydrogen) atoms. The van der Waals surface area contributed by atoms with Crippen LogP contribution in [-0.4, -0.2) is 45.3 Å². The van der Waals surface area contributed by atoms with Crippen LogP contribution in [0.25, 0.3) is 10.1 Å². The second kappa shape index (κ2) is 7.96. The molecule has 0 unspecified atom stereocenters. The minimum atomic E-state index is 0.776. The average Bonchev–Trinajstić information content (AvgIpc) is 2.78. The minimum absolute atomic E-state index is 0.776. The number of hydrogen-bond acceptors (Lipinski definition) is 4. The number of thiophene rings is 1. The molecule has 1 aromatic carbocycles. The van der Waals surface area contributed by atoms with Crippen molar-refractivity contribution < 1.29 is 4.74 Å². The van der Waals surface area contributed by atoms with E-state index in [-0.39, 0.29) is 0 Å². The molecule has 0 saturated carbocycles. The smallest absolute Gasteiger partial charge is 0.0636 e. The molecule has 0 aliphatic carbocycles. The molecule has 0 atom stereocenters. The number of nitrogens with one attached hydrogen (secondary N) is 1. The summed E-state index contributed by atoms with van der Waals surface area (Å²) >= 11 is 8.18. The van der Waals surface area contributed by atoms with Crippen molar-refractivity contribution in [2.45, 2.75) is 6.54 Å². The Labute approximate surface area is 129 Å². The first kappa shape index (κ1) is 15.7. The van der Waals surface area contributed by atoms with Gasteiger partial charge in [-0.1, -0.05) is 29.8 Å². The number of methoxy groups -OCH3 is 1. The highest BCUT2D eigenvalue weighted by Gasteiger charge is 2.09.